The van der Waals surface area contributed by atoms with Crippen LogP contribution in [-0.2, 0) is 32.7 Å². The van der Waals surface area contributed by atoms with Crippen molar-refractivity contribution in [3.8, 4) is 0 Å². The maximum Gasteiger partial charge on any atom is 0 e. The summed E-state index contributed by atoms with van der Waals surface area (Å²) in [6.07, 6.45) is 0. The van der Waals surface area contributed by atoms with E-state index in [0.717, 1.165) is 0 Å². The molecule has 0 aromatic heterocycles. The Morgan fingerprint density at radius 3 is 1.56 bits per heavy atom. The molecule has 0 spiro atoms. The van der Waals surface area contributed by atoms with E-state index in [1.807, 2.05) is 30.3 Å². The quantitative estimate of drug-likeness (QED) is 0.557. The summed E-state index contributed by atoms with van der Waals surface area (Å²) < 4.78 is 0. The van der Waals surface area contributed by atoms with Crippen molar-refractivity contribution in [2.45, 2.75) is 6.92 Å². The van der Waals surface area contributed by atoms with Gasteiger partial charge in [-0.15, -0.1) is 0 Å². The van der Waals surface area contributed by atoms with Crippen molar-refractivity contribution in [3.05, 3.63) is 43.3 Å². The number of hydrogen-bond acceptors (Lipinski definition) is 0. The summed E-state index contributed by atoms with van der Waals surface area (Å²) in [5.74, 6) is 0. The Morgan fingerprint density at radius 1 is 1.00 bits per heavy atom. The zero-order valence-electron chi connectivity index (χ0n) is 5.67. The van der Waals surface area contributed by atoms with Gasteiger partial charge in [0.05, 0.1) is 0 Å². The average molecular weight is 195 g/mol. The van der Waals surface area contributed by atoms with Gasteiger partial charge in [-0.2, -0.15) is 43.3 Å². The molecule has 0 saturated carbocycles. The zero-order chi connectivity index (χ0) is 6.24. The molecule has 9 heavy (non-hydrogen) atoms. The molecule has 0 heterocycles. The van der Waals surface area contributed by atoms with E-state index in [9.17, 15) is 0 Å². The summed E-state index contributed by atoms with van der Waals surface area (Å²) in [4.78, 5) is 0. The normalized spacial score (nSPS) is 6.00. The van der Waals surface area contributed by atoms with Crippen molar-refractivity contribution in [2.24, 2.45) is 0 Å². The first kappa shape index (κ1) is 12.0. The number of benzene rings is 1. The molecular weight excluding hydrogens is 185 g/mol. The van der Waals surface area contributed by atoms with E-state index >= 15 is 0 Å². The van der Waals surface area contributed by atoms with Crippen LogP contribution in [0.15, 0.2) is 30.3 Å². The minimum atomic E-state index is 0. The van der Waals surface area contributed by atoms with E-state index in [2.05, 4.69) is 13.0 Å². The molecule has 1 aromatic rings. The molecule has 0 fully saturated rings. The van der Waals surface area contributed by atoms with Crippen molar-refractivity contribution in [2.75, 3.05) is 0 Å². The van der Waals surface area contributed by atoms with Crippen molar-refractivity contribution in [3.63, 3.8) is 0 Å². The van der Waals surface area contributed by atoms with Crippen molar-refractivity contribution in [1.29, 1.82) is 0 Å². The van der Waals surface area contributed by atoms with Gasteiger partial charge in [-0.25, -0.2) is 0 Å². The molecule has 0 N–H and O–H groups in total. The topological polar surface area (TPSA) is 0 Å². The van der Waals surface area contributed by atoms with Crippen LogP contribution in [0, 0.1) is 13.0 Å². The minimum absolute atomic E-state index is 0. The van der Waals surface area contributed by atoms with Crippen LogP contribution in [0.3, 0.4) is 0 Å². The molecule has 0 aliphatic carbocycles. The number of rotatable bonds is 0. The van der Waals surface area contributed by atoms with Gasteiger partial charge in [0.2, 0.25) is 0 Å². The van der Waals surface area contributed by atoms with Gasteiger partial charge in [0.1, 0.15) is 0 Å². The van der Waals surface area contributed by atoms with Gasteiger partial charge in [-0.3, -0.25) is 0 Å². The van der Waals surface area contributed by atoms with Gasteiger partial charge in [0.15, 0.2) is 0 Å². The summed E-state index contributed by atoms with van der Waals surface area (Å²) >= 11 is 0. The Bertz CT molecular complexity index is 76.5. The third-order valence-corrected chi connectivity index (χ3v) is 0.607. The monoisotopic (exact) mass is 195 g/mol. The molecule has 0 aliphatic heterocycles. The molecule has 0 nitrogen and oxygen atoms in total. The van der Waals surface area contributed by atoms with Crippen LogP contribution in [-0.4, -0.2) is 0 Å². The van der Waals surface area contributed by atoms with Crippen LogP contribution >= 0.6 is 0 Å². The average Bonchev–Trinajstić information content (AvgIpc) is 1.96. The molecule has 1 heteroatoms. The Balaban J connectivity index is 0. The van der Waals surface area contributed by atoms with Crippen LogP contribution in [0.4, 0.5) is 0 Å². The minimum Gasteiger partial charge on any atom is -0.346 e. The van der Waals surface area contributed by atoms with Gasteiger partial charge in [-0.1, -0.05) is 0 Å². The molecule has 0 unspecified atom stereocenters. The molecule has 1 radical (unpaired) electrons. The first-order valence-corrected chi connectivity index (χ1v) is 2.62. The SMILES string of the molecule is [CH2-]C.[Y].[c-]1ccccc1. The fourth-order valence-electron chi connectivity index (χ4n) is 0.342. The maximum atomic E-state index is 3.25. The molecule has 0 bridgehead atoms. The van der Waals surface area contributed by atoms with Gasteiger partial charge in [-0.05, 0) is 0 Å². The van der Waals surface area contributed by atoms with Crippen molar-refractivity contribution < 1.29 is 32.7 Å². The third kappa shape index (κ3) is 8.32. The number of hydrogen-bond donors (Lipinski definition) is 0. The standard InChI is InChI=1S/C6H5.C2H5.Y/c1-2-4-6-5-3-1;1-2;/h1-5H;1H2,2H3;/q2*-1;. The summed E-state index contributed by atoms with van der Waals surface area (Å²) in [5, 5.41) is 0. The first-order chi connectivity index (χ1) is 4.00. The van der Waals surface area contributed by atoms with Gasteiger partial charge >= 0.3 is 0 Å². The largest absolute Gasteiger partial charge is 0.346 e. The van der Waals surface area contributed by atoms with Gasteiger partial charge < -0.3 is 6.92 Å². The molecular formula is C8H10Y-2. The summed E-state index contributed by atoms with van der Waals surface area (Å²) in [5.41, 5.74) is 0. The Morgan fingerprint density at radius 2 is 1.44 bits per heavy atom. The van der Waals surface area contributed by atoms with Crippen molar-refractivity contribution in [1.82, 2.24) is 0 Å². The van der Waals surface area contributed by atoms with E-state index in [4.69, 9.17) is 0 Å². The predicted molar refractivity (Wildman–Crippen MR) is 36.3 cm³/mol. The zero-order valence-corrected chi connectivity index (χ0v) is 8.51. The second-order valence-corrected chi connectivity index (χ2v) is 1.08. The third-order valence-electron chi connectivity index (χ3n) is 0.607. The summed E-state index contributed by atoms with van der Waals surface area (Å²) in [6, 6.07) is 12.5. The van der Waals surface area contributed by atoms with E-state index in [-0.39, 0.29) is 32.7 Å². The van der Waals surface area contributed by atoms with E-state index < -0.39 is 0 Å². The molecule has 0 saturated heterocycles. The molecule has 1 rings (SSSR count). The van der Waals surface area contributed by atoms with Crippen LogP contribution in [0.5, 0.6) is 0 Å². The fraction of sp³-hybridized carbons (Fsp3) is 0.125. The van der Waals surface area contributed by atoms with Gasteiger partial charge in [0, 0.05) is 32.7 Å². The summed E-state index contributed by atoms with van der Waals surface area (Å²) in [6.45, 7) is 5.00. The maximum absolute atomic E-state index is 3.25. The van der Waals surface area contributed by atoms with E-state index in [0.29, 0.717) is 0 Å². The molecule has 0 amide bonds. The van der Waals surface area contributed by atoms with Crippen LogP contribution in [0.1, 0.15) is 6.92 Å². The molecule has 47 valence electrons. The first-order valence-electron chi connectivity index (χ1n) is 2.62. The second-order valence-electron chi connectivity index (χ2n) is 1.08. The molecule has 0 aliphatic rings. The van der Waals surface area contributed by atoms with E-state index in [1.165, 1.54) is 0 Å². The Labute approximate surface area is 82.6 Å². The Hall–Kier alpha value is 0.324. The van der Waals surface area contributed by atoms with Crippen LogP contribution in [0.25, 0.3) is 0 Å². The van der Waals surface area contributed by atoms with Crippen LogP contribution in [0.2, 0.25) is 0 Å². The molecule has 0 atom stereocenters. The van der Waals surface area contributed by atoms with Crippen LogP contribution < -0.4 is 0 Å². The van der Waals surface area contributed by atoms with Gasteiger partial charge in [0.25, 0.3) is 0 Å². The molecule has 1 aromatic carbocycles. The summed E-state index contributed by atoms with van der Waals surface area (Å²) in [7, 11) is 0. The van der Waals surface area contributed by atoms with Crippen molar-refractivity contribution >= 4 is 0 Å². The smallest absolute Gasteiger partial charge is 0 e. The van der Waals surface area contributed by atoms with E-state index in [1.54, 1.807) is 6.92 Å². The second kappa shape index (κ2) is 11.2. The fourth-order valence-corrected chi connectivity index (χ4v) is 0.342. The predicted octanol–water partition coefficient (Wildman–Crippen LogP) is 2.32. The Kier molecular flexibility index (Phi) is 14.9.